The first-order valence-electron chi connectivity index (χ1n) is 15.7. The molecule has 0 spiro atoms. The Balaban J connectivity index is 1.84. The third kappa shape index (κ3) is 8.86. The second kappa shape index (κ2) is 16.7. The van der Waals surface area contributed by atoms with Gasteiger partial charge in [0, 0.05) is 25.6 Å². The number of ether oxygens (including phenoxy) is 3. The van der Waals surface area contributed by atoms with Gasteiger partial charge in [-0.3, -0.25) is 13.9 Å². The highest BCUT2D eigenvalue weighted by atomic mass is 32.2. The van der Waals surface area contributed by atoms with E-state index in [4.69, 9.17) is 14.2 Å². The van der Waals surface area contributed by atoms with E-state index in [2.05, 4.69) is 5.32 Å². The Morgan fingerprint density at radius 3 is 2.12 bits per heavy atom. The highest BCUT2D eigenvalue weighted by molar-refractivity contribution is 7.92. The minimum absolute atomic E-state index is 0.0107. The molecule has 1 atom stereocenters. The van der Waals surface area contributed by atoms with Crippen LogP contribution in [0.5, 0.6) is 17.2 Å². The van der Waals surface area contributed by atoms with Gasteiger partial charge in [-0.05, 0) is 60.9 Å². The maximum atomic E-state index is 14.7. The smallest absolute Gasteiger partial charge is 0.264 e. The van der Waals surface area contributed by atoms with Crippen molar-refractivity contribution in [2.24, 2.45) is 0 Å². The van der Waals surface area contributed by atoms with Gasteiger partial charge < -0.3 is 24.4 Å². The van der Waals surface area contributed by atoms with E-state index in [1.54, 1.807) is 49.6 Å². The Hall–Kier alpha value is -5.03. The van der Waals surface area contributed by atoms with Crippen molar-refractivity contribution in [3.8, 4) is 17.2 Å². The van der Waals surface area contributed by atoms with Crippen LogP contribution in [0.3, 0.4) is 0 Å². The average Bonchev–Trinajstić information content (AvgIpc) is 3.11. The van der Waals surface area contributed by atoms with E-state index < -0.39 is 28.5 Å². The number of hydrogen-bond donors (Lipinski definition) is 1. The number of nitrogens with zero attached hydrogens (tertiary/aromatic N) is 2. The second-order valence-electron chi connectivity index (χ2n) is 11.2. The Morgan fingerprint density at radius 1 is 0.792 bits per heavy atom. The standard InChI is InChI=1S/C37H43N3O7S/c1-6-21-38-37(42)33(23-28-11-8-7-9-12-28)39(25-29-13-10-14-31(22-29)45-3)36(41)26-40(30-17-20-34(46-4)35(24-30)47-5)48(43,44)32-18-15-27(2)16-19-32/h7-20,22,24,33H,6,21,23,25-26H2,1-5H3,(H,38,42)/t33-/m1/s1. The molecule has 48 heavy (non-hydrogen) atoms. The summed E-state index contributed by atoms with van der Waals surface area (Å²) in [6, 6.07) is 26.8. The summed E-state index contributed by atoms with van der Waals surface area (Å²) in [5.41, 5.74) is 2.64. The van der Waals surface area contributed by atoms with Gasteiger partial charge in [0.05, 0.1) is 31.9 Å². The number of rotatable bonds is 16. The van der Waals surface area contributed by atoms with E-state index in [1.165, 1.54) is 37.3 Å². The SMILES string of the molecule is CCCNC(=O)[C@@H](Cc1ccccc1)N(Cc1cccc(OC)c1)C(=O)CN(c1ccc(OC)c(OC)c1)S(=O)(=O)c1ccc(C)cc1. The first-order valence-corrected chi connectivity index (χ1v) is 17.1. The number of nitrogens with one attached hydrogen (secondary N) is 1. The molecule has 4 rings (SSSR count). The lowest BCUT2D eigenvalue weighted by Crippen LogP contribution is -2.53. The van der Waals surface area contributed by atoms with Gasteiger partial charge in [0.1, 0.15) is 18.3 Å². The fourth-order valence-corrected chi connectivity index (χ4v) is 6.64. The third-order valence-electron chi connectivity index (χ3n) is 7.85. The van der Waals surface area contributed by atoms with E-state index in [0.29, 0.717) is 35.8 Å². The van der Waals surface area contributed by atoms with Crippen molar-refractivity contribution in [1.82, 2.24) is 10.2 Å². The highest BCUT2D eigenvalue weighted by Crippen LogP contribution is 2.34. The first-order chi connectivity index (χ1) is 23.1. The molecule has 1 N–H and O–H groups in total. The molecular formula is C37H43N3O7S. The Labute approximate surface area is 283 Å². The van der Waals surface area contributed by atoms with Crippen LogP contribution in [0.4, 0.5) is 5.69 Å². The average molecular weight is 674 g/mol. The van der Waals surface area contributed by atoms with Crippen molar-refractivity contribution in [2.75, 3.05) is 38.7 Å². The molecule has 0 aromatic heterocycles. The summed E-state index contributed by atoms with van der Waals surface area (Å²) in [5, 5.41) is 2.95. The van der Waals surface area contributed by atoms with Crippen molar-refractivity contribution < 1.29 is 32.2 Å². The molecule has 0 fully saturated rings. The number of methoxy groups -OCH3 is 3. The molecule has 0 radical (unpaired) electrons. The van der Waals surface area contributed by atoms with Gasteiger partial charge in [-0.2, -0.15) is 0 Å². The third-order valence-corrected chi connectivity index (χ3v) is 9.64. The van der Waals surface area contributed by atoms with Gasteiger partial charge in [0.2, 0.25) is 11.8 Å². The van der Waals surface area contributed by atoms with Crippen molar-refractivity contribution in [2.45, 2.75) is 44.2 Å². The molecule has 4 aromatic rings. The maximum absolute atomic E-state index is 14.7. The molecule has 0 heterocycles. The summed E-state index contributed by atoms with van der Waals surface area (Å²) in [7, 11) is 0.203. The molecule has 10 nitrogen and oxygen atoms in total. The molecular weight excluding hydrogens is 630 g/mol. The van der Waals surface area contributed by atoms with E-state index in [-0.39, 0.29) is 29.5 Å². The first kappa shape index (κ1) is 35.8. The maximum Gasteiger partial charge on any atom is 0.264 e. The van der Waals surface area contributed by atoms with E-state index in [1.807, 2.05) is 50.2 Å². The van der Waals surface area contributed by atoms with Crippen LogP contribution in [0, 0.1) is 6.92 Å². The number of amides is 2. The predicted molar refractivity (Wildman–Crippen MR) is 186 cm³/mol. The van der Waals surface area contributed by atoms with Crippen LogP contribution in [0.1, 0.15) is 30.0 Å². The fourth-order valence-electron chi connectivity index (χ4n) is 5.23. The van der Waals surface area contributed by atoms with E-state index in [9.17, 15) is 18.0 Å². The zero-order chi connectivity index (χ0) is 34.7. The quantitative estimate of drug-likeness (QED) is 0.170. The van der Waals surface area contributed by atoms with Gasteiger partial charge in [-0.15, -0.1) is 0 Å². The molecule has 0 unspecified atom stereocenters. The lowest BCUT2D eigenvalue weighted by Gasteiger charge is -2.34. The van der Waals surface area contributed by atoms with Crippen LogP contribution >= 0.6 is 0 Å². The van der Waals surface area contributed by atoms with E-state index >= 15 is 0 Å². The number of anilines is 1. The van der Waals surface area contributed by atoms with Crippen molar-refractivity contribution in [3.63, 3.8) is 0 Å². The molecule has 0 saturated heterocycles. The molecule has 4 aromatic carbocycles. The zero-order valence-corrected chi connectivity index (χ0v) is 28.8. The zero-order valence-electron chi connectivity index (χ0n) is 28.0. The monoisotopic (exact) mass is 673 g/mol. The largest absolute Gasteiger partial charge is 0.497 e. The normalized spacial score (nSPS) is 11.7. The number of aryl methyl sites for hydroxylation is 1. The summed E-state index contributed by atoms with van der Waals surface area (Å²) >= 11 is 0. The minimum Gasteiger partial charge on any atom is -0.497 e. The van der Waals surface area contributed by atoms with Gasteiger partial charge in [0.25, 0.3) is 10.0 Å². The van der Waals surface area contributed by atoms with Crippen LogP contribution in [0.25, 0.3) is 0 Å². The lowest BCUT2D eigenvalue weighted by molar-refractivity contribution is -0.140. The Kier molecular flexibility index (Phi) is 12.5. The van der Waals surface area contributed by atoms with E-state index in [0.717, 1.165) is 15.4 Å². The van der Waals surface area contributed by atoms with Crippen molar-refractivity contribution in [3.05, 3.63) is 114 Å². The number of benzene rings is 4. The number of carbonyl (C=O) groups is 2. The Bertz CT molecular complexity index is 1780. The fraction of sp³-hybridized carbons (Fsp3) is 0.297. The van der Waals surface area contributed by atoms with Crippen molar-refractivity contribution >= 4 is 27.5 Å². The van der Waals surface area contributed by atoms with Crippen LogP contribution in [-0.4, -0.2) is 65.6 Å². The summed E-state index contributed by atoms with van der Waals surface area (Å²) in [6.45, 7) is 3.66. The summed E-state index contributed by atoms with van der Waals surface area (Å²) < 4.78 is 46.0. The molecule has 0 aliphatic rings. The summed E-state index contributed by atoms with van der Waals surface area (Å²) in [5.74, 6) is 0.367. The molecule has 11 heteroatoms. The number of carbonyl (C=O) groups excluding carboxylic acids is 2. The molecule has 2 amide bonds. The van der Waals surface area contributed by atoms with Crippen LogP contribution < -0.4 is 23.8 Å². The molecule has 0 aliphatic heterocycles. The highest BCUT2D eigenvalue weighted by Gasteiger charge is 2.35. The van der Waals surface area contributed by atoms with Gasteiger partial charge >= 0.3 is 0 Å². The molecule has 0 aliphatic carbocycles. The molecule has 0 bridgehead atoms. The van der Waals surface area contributed by atoms with Gasteiger partial charge in [-0.1, -0.05) is 67.1 Å². The van der Waals surface area contributed by atoms with Crippen LogP contribution in [0.2, 0.25) is 0 Å². The van der Waals surface area contributed by atoms with Gasteiger partial charge in [-0.25, -0.2) is 8.42 Å². The minimum atomic E-state index is -4.28. The summed E-state index contributed by atoms with van der Waals surface area (Å²) in [6.07, 6.45) is 0.919. The molecule has 0 saturated carbocycles. The Morgan fingerprint density at radius 2 is 1.48 bits per heavy atom. The van der Waals surface area contributed by atoms with Crippen LogP contribution in [0.15, 0.2) is 102 Å². The van der Waals surface area contributed by atoms with Crippen molar-refractivity contribution in [1.29, 1.82) is 0 Å². The van der Waals surface area contributed by atoms with Crippen LogP contribution in [-0.2, 0) is 32.6 Å². The lowest BCUT2D eigenvalue weighted by atomic mass is 10.0. The molecule has 254 valence electrons. The second-order valence-corrected chi connectivity index (χ2v) is 13.1. The predicted octanol–water partition coefficient (Wildman–Crippen LogP) is 5.38. The number of sulfonamides is 1. The topological polar surface area (TPSA) is 114 Å². The summed E-state index contributed by atoms with van der Waals surface area (Å²) in [4.78, 5) is 30.0. The number of hydrogen-bond acceptors (Lipinski definition) is 7. The van der Waals surface area contributed by atoms with Gasteiger partial charge in [0.15, 0.2) is 11.5 Å².